The third kappa shape index (κ3) is 5.49. The first-order valence-electron chi connectivity index (χ1n) is 5.74. The van der Waals surface area contributed by atoms with E-state index in [1.165, 1.54) is 0 Å². The molecule has 7 heteroatoms. The number of hydrogen-bond donors (Lipinski definition) is 3. The Balaban J connectivity index is 2.94. The molecule has 1 rings (SSSR count). The summed E-state index contributed by atoms with van der Waals surface area (Å²) in [5.74, 6) is 5.50. The quantitative estimate of drug-likeness (QED) is 0.717. The van der Waals surface area contributed by atoms with Crippen molar-refractivity contribution in [2.24, 2.45) is 5.73 Å². The Bertz CT molecular complexity index is 591. The third-order valence-corrected chi connectivity index (χ3v) is 3.49. The molecular weight excluding hydrogens is 286 g/mol. The lowest BCUT2D eigenvalue weighted by molar-refractivity contribution is 0.586. The van der Waals surface area contributed by atoms with E-state index in [4.69, 9.17) is 17.3 Å². The summed E-state index contributed by atoms with van der Waals surface area (Å²) in [7, 11) is -3.61. The van der Waals surface area contributed by atoms with E-state index in [-0.39, 0.29) is 12.2 Å². The normalized spacial score (nSPS) is 10.7. The molecule has 4 N–H and O–H groups in total. The van der Waals surface area contributed by atoms with Crippen LogP contribution < -0.4 is 15.2 Å². The molecule has 1 aromatic rings. The van der Waals surface area contributed by atoms with Crippen molar-refractivity contribution in [3.05, 3.63) is 28.8 Å². The van der Waals surface area contributed by atoms with Crippen LogP contribution in [0.5, 0.6) is 0 Å². The zero-order valence-corrected chi connectivity index (χ0v) is 12.1. The molecule has 0 aliphatic rings. The summed E-state index contributed by atoms with van der Waals surface area (Å²) >= 11 is 5.94. The molecule has 0 aromatic heterocycles. The predicted molar refractivity (Wildman–Crippen MR) is 78.2 cm³/mol. The Labute approximate surface area is 118 Å². The molecule has 0 saturated heterocycles. The Hall–Kier alpha value is -1.26. The highest BCUT2D eigenvalue weighted by molar-refractivity contribution is 7.90. The zero-order chi connectivity index (χ0) is 14.3. The van der Waals surface area contributed by atoms with Crippen LogP contribution in [-0.4, -0.2) is 21.5 Å². The second kappa shape index (κ2) is 7.36. The molecule has 0 bridgehead atoms. The van der Waals surface area contributed by atoms with Gasteiger partial charge in [-0.2, -0.15) is 13.1 Å². The van der Waals surface area contributed by atoms with Gasteiger partial charge in [0.1, 0.15) is 0 Å². The topological polar surface area (TPSA) is 84.2 Å². The van der Waals surface area contributed by atoms with Crippen molar-refractivity contribution in [3.8, 4) is 11.8 Å². The Morgan fingerprint density at radius 2 is 2.16 bits per heavy atom. The molecule has 19 heavy (non-hydrogen) atoms. The van der Waals surface area contributed by atoms with E-state index in [0.717, 1.165) is 0 Å². The van der Waals surface area contributed by atoms with Crippen LogP contribution in [0.3, 0.4) is 0 Å². The van der Waals surface area contributed by atoms with Gasteiger partial charge >= 0.3 is 0 Å². The summed E-state index contributed by atoms with van der Waals surface area (Å²) in [6.45, 7) is 2.47. The molecule has 1 aromatic carbocycles. The van der Waals surface area contributed by atoms with Crippen molar-refractivity contribution in [1.82, 2.24) is 4.72 Å². The van der Waals surface area contributed by atoms with Gasteiger partial charge in [0.05, 0.1) is 17.3 Å². The van der Waals surface area contributed by atoms with Gasteiger partial charge in [-0.25, -0.2) is 0 Å². The van der Waals surface area contributed by atoms with Gasteiger partial charge in [-0.3, -0.25) is 4.72 Å². The molecule has 5 nitrogen and oxygen atoms in total. The molecular formula is C12H16ClN3O2S. The van der Waals surface area contributed by atoms with Gasteiger partial charge in [-0.1, -0.05) is 30.4 Å². The molecule has 0 saturated carbocycles. The van der Waals surface area contributed by atoms with Crippen molar-refractivity contribution in [3.63, 3.8) is 0 Å². The van der Waals surface area contributed by atoms with E-state index < -0.39 is 10.2 Å². The minimum atomic E-state index is -3.61. The summed E-state index contributed by atoms with van der Waals surface area (Å²) in [6, 6.07) is 4.85. The number of anilines is 1. The average molecular weight is 302 g/mol. The number of halogens is 1. The van der Waals surface area contributed by atoms with E-state index in [0.29, 0.717) is 23.6 Å². The molecule has 0 fully saturated rings. The Morgan fingerprint density at radius 1 is 1.42 bits per heavy atom. The lowest BCUT2D eigenvalue weighted by Gasteiger charge is -2.10. The highest BCUT2D eigenvalue weighted by Gasteiger charge is 2.11. The largest absolute Gasteiger partial charge is 0.320 e. The fourth-order valence-corrected chi connectivity index (χ4v) is 2.48. The SMILES string of the molecule is CCCNS(=O)(=O)Nc1cc(C#CCN)ccc1Cl. The van der Waals surface area contributed by atoms with Crippen LogP contribution in [0, 0.1) is 11.8 Å². The van der Waals surface area contributed by atoms with E-state index in [9.17, 15) is 8.42 Å². The van der Waals surface area contributed by atoms with Gasteiger partial charge in [0.2, 0.25) is 0 Å². The van der Waals surface area contributed by atoms with Gasteiger partial charge < -0.3 is 5.73 Å². The maximum Gasteiger partial charge on any atom is 0.299 e. The van der Waals surface area contributed by atoms with Crippen molar-refractivity contribution in [1.29, 1.82) is 0 Å². The fraction of sp³-hybridized carbons (Fsp3) is 0.333. The highest BCUT2D eigenvalue weighted by Crippen LogP contribution is 2.23. The smallest absolute Gasteiger partial charge is 0.299 e. The molecule has 0 aliphatic carbocycles. The van der Waals surface area contributed by atoms with Gasteiger partial charge in [0, 0.05) is 12.1 Å². The molecule has 104 valence electrons. The van der Waals surface area contributed by atoms with E-state index in [1.54, 1.807) is 18.2 Å². The summed E-state index contributed by atoms with van der Waals surface area (Å²) in [5.41, 5.74) is 6.21. The second-order valence-electron chi connectivity index (χ2n) is 3.70. The zero-order valence-electron chi connectivity index (χ0n) is 10.5. The molecule has 0 amide bonds. The van der Waals surface area contributed by atoms with E-state index >= 15 is 0 Å². The fourth-order valence-electron chi connectivity index (χ4n) is 1.25. The van der Waals surface area contributed by atoms with Crippen LogP contribution in [0.15, 0.2) is 18.2 Å². The van der Waals surface area contributed by atoms with Crippen LogP contribution >= 0.6 is 11.6 Å². The minimum absolute atomic E-state index is 0.238. The first-order chi connectivity index (χ1) is 8.98. The van der Waals surface area contributed by atoms with Gasteiger partial charge in [-0.15, -0.1) is 0 Å². The van der Waals surface area contributed by atoms with Crippen molar-refractivity contribution >= 4 is 27.5 Å². The number of rotatable bonds is 5. The number of hydrogen-bond acceptors (Lipinski definition) is 3. The minimum Gasteiger partial charge on any atom is -0.320 e. The Morgan fingerprint density at radius 3 is 2.79 bits per heavy atom. The standard InChI is InChI=1S/C12H16ClN3O2S/c1-2-8-15-19(17,18)16-12-9-10(4-3-7-14)5-6-11(12)13/h5-6,9,15-16H,2,7-8,14H2,1H3. The van der Waals surface area contributed by atoms with E-state index in [2.05, 4.69) is 21.3 Å². The van der Waals surface area contributed by atoms with Crippen LogP contribution in [-0.2, 0) is 10.2 Å². The summed E-state index contributed by atoms with van der Waals surface area (Å²) in [5, 5.41) is 0.306. The van der Waals surface area contributed by atoms with Crippen LogP contribution in [0.1, 0.15) is 18.9 Å². The number of benzene rings is 1. The lowest BCUT2D eigenvalue weighted by atomic mass is 10.2. The van der Waals surface area contributed by atoms with Crippen LogP contribution in [0.2, 0.25) is 5.02 Å². The summed E-state index contributed by atoms with van der Waals surface area (Å²) in [6.07, 6.45) is 0.705. The average Bonchev–Trinajstić information content (AvgIpc) is 2.37. The summed E-state index contributed by atoms with van der Waals surface area (Å²) in [4.78, 5) is 0. The highest BCUT2D eigenvalue weighted by atomic mass is 35.5. The number of nitrogens with two attached hydrogens (primary N) is 1. The molecule has 0 unspecified atom stereocenters. The van der Waals surface area contributed by atoms with Gasteiger partial charge in [-0.05, 0) is 24.6 Å². The third-order valence-electron chi connectivity index (χ3n) is 2.09. The van der Waals surface area contributed by atoms with Crippen molar-refractivity contribution in [2.75, 3.05) is 17.8 Å². The van der Waals surface area contributed by atoms with Crippen molar-refractivity contribution in [2.45, 2.75) is 13.3 Å². The van der Waals surface area contributed by atoms with Crippen molar-refractivity contribution < 1.29 is 8.42 Å². The monoisotopic (exact) mass is 301 g/mol. The molecule has 0 atom stereocenters. The lowest BCUT2D eigenvalue weighted by Crippen LogP contribution is -2.30. The number of nitrogens with one attached hydrogen (secondary N) is 2. The first kappa shape index (κ1) is 15.8. The molecule has 0 radical (unpaired) electrons. The van der Waals surface area contributed by atoms with Crippen LogP contribution in [0.4, 0.5) is 5.69 Å². The maximum absolute atomic E-state index is 11.7. The second-order valence-corrected chi connectivity index (χ2v) is 5.61. The molecule has 0 aliphatic heterocycles. The van der Waals surface area contributed by atoms with Crippen LogP contribution in [0.25, 0.3) is 0 Å². The predicted octanol–water partition coefficient (Wildman–Crippen LogP) is 1.31. The first-order valence-corrected chi connectivity index (χ1v) is 7.60. The molecule has 0 spiro atoms. The van der Waals surface area contributed by atoms with Gasteiger partial charge in [0.25, 0.3) is 10.2 Å². The van der Waals surface area contributed by atoms with Gasteiger partial charge in [0.15, 0.2) is 0 Å². The summed E-state index contributed by atoms with van der Waals surface area (Å²) < 4.78 is 28.2. The Kier molecular flexibility index (Phi) is 6.12. The van der Waals surface area contributed by atoms with E-state index in [1.807, 2.05) is 6.92 Å². The molecule has 0 heterocycles. The maximum atomic E-state index is 11.7.